The van der Waals surface area contributed by atoms with Gasteiger partial charge in [-0.3, -0.25) is 0 Å². The number of nitrogens with zero attached hydrogens (tertiary/aromatic N) is 1. The van der Waals surface area contributed by atoms with Crippen molar-refractivity contribution in [3.8, 4) is 0 Å². The Morgan fingerprint density at radius 1 is 1.61 bits per heavy atom. The Hall–Kier alpha value is -1.26. The van der Waals surface area contributed by atoms with Crippen molar-refractivity contribution in [3.63, 3.8) is 0 Å². The molecule has 1 aliphatic heterocycles. The van der Waals surface area contributed by atoms with Crippen LogP contribution in [0.3, 0.4) is 0 Å². The van der Waals surface area contributed by atoms with E-state index in [0.29, 0.717) is 10.9 Å². The minimum atomic E-state index is -0.958. The molecule has 0 saturated carbocycles. The number of halogens is 1. The van der Waals surface area contributed by atoms with Crippen molar-refractivity contribution < 1.29 is 9.90 Å². The van der Waals surface area contributed by atoms with Crippen molar-refractivity contribution in [1.29, 1.82) is 0 Å². The minimum Gasteiger partial charge on any atom is -0.478 e. The van der Waals surface area contributed by atoms with Gasteiger partial charge in [-0.05, 0) is 44.1 Å². The van der Waals surface area contributed by atoms with E-state index in [4.69, 9.17) is 16.7 Å². The summed E-state index contributed by atoms with van der Waals surface area (Å²) in [4.78, 5) is 13.1. The molecule has 2 rings (SSSR count). The third-order valence-corrected chi connectivity index (χ3v) is 3.60. The number of anilines is 1. The van der Waals surface area contributed by atoms with E-state index in [1.54, 1.807) is 12.1 Å². The number of rotatable bonds is 4. The van der Waals surface area contributed by atoms with Gasteiger partial charge in [0.2, 0.25) is 0 Å². The molecule has 98 valence electrons. The molecule has 1 aromatic rings. The molecule has 1 fully saturated rings. The second-order valence-corrected chi connectivity index (χ2v) is 5.20. The molecule has 0 bridgehead atoms. The van der Waals surface area contributed by atoms with E-state index >= 15 is 0 Å². The van der Waals surface area contributed by atoms with Gasteiger partial charge in [0.25, 0.3) is 0 Å². The predicted octanol–water partition coefficient (Wildman–Crippen LogP) is 2.40. The van der Waals surface area contributed by atoms with E-state index in [2.05, 4.69) is 17.3 Å². The summed E-state index contributed by atoms with van der Waals surface area (Å²) in [6.45, 7) is 3.10. The highest BCUT2D eigenvalue weighted by molar-refractivity contribution is 6.33. The largest absolute Gasteiger partial charge is 0.478 e. The lowest BCUT2D eigenvalue weighted by Gasteiger charge is -2.14. The molecule has 5 heteroatoms. The van der Waals surface area contributed by atoms with Crippen LogP contribution < -0.4 is 5.32 Å². The van der Waals surface area contributed by atoms with Crippen LogP contribution in [-0.2, 0) is 0 Å². The number of benzene rings is 1. The maximum atomic E-state index is 10.8. The van der Waals surface area contributed by atoms with E-state index in [0.717, 1.165) is 25.3 Å². The number of carboxylic acid groups (broad SMARTS) is 1. The molecule has 1 aliphatic rings. The number of likely N-dealkylation sites (tertiary alicyclic amines) is 1. The smallest absolute Gasteiger partial charge is 0.335 e. The molecule has 0 aromatic heterocycles. The SMILES string of the molecule is CN1CCC(CNc2ccc(C(=O)O)cc2Cl)C1. The van der Waals surface area contributed by atoms with Crippen molar-refractivity contribution in [2.24, 2.45) is 5.92 Å². The van der Waals surface area contributed by atoms with Crippen molar-refractivity contribution in [3.05, 3.63) is 28.8 Å². The second-order valence-electron chi connectivity index (χ2n) is 4.80. The molecular weight excluding hydrogens is 252 g/mol. The lowest BCUT2D eigenvalue weighted by atomic mass is 10.1. The molecule has 1 saturated heterocycles. The maximum absolute atomic E-state index is 10.8. The third kappa shape index (κ3) is 3.15. The number of hydrogen-bond acceptors (Lipinski definition) is 3. The number of hydrogen-bond donors (Lipinski definition) is 2. The molecule has 18 heavy (non-hydrogen) atoms. The maximum Gasteiger partial charge on any atom is 0.335 e. The zero-order valence-corrected chi connectivity index (χ0v) is 11.1. The molecule has 0 amide bonds. The van der Waals surface area contributed by atoms with Crippen molar-refractivity contribution in [1.82, 2.24) is 4.90 Å². The Balaban J connectivity index is 1.95. The van der Waals surface area contributed by atoms with Crippen LogP contribution in [0.1, 0.15) is 16.8 Å². The van der Waals surface area contributed by atoms with E-state index in [1.807, 2.05) is 0 Å². The van der Waals surface area contributed by atoms with Gasteiger partial charge >= 0.3 is 5.97 Å². The molecule has 1 heterocycles. The van der Waals surface area contributed by atoms with Crippen molar-refractivity contribution in [2.45, 2.75) is 6.42 Å². The zero-order valence-electron chi connectivity index (χ0n) is 10.3. The van der Waals surface area contributed by atoms with Crippen LogP contribution in [0.4, 0.5) is 5.69 Å². The Bertz CT molecular complexity index is 451. The third-order valence-electron chi connectivity index (χ3n) is 3.29. The fourth-order valence-electron chi connectivity index (χ4n) is 2.24. The van der Waals surface area contributed by atoms with Gasteiger partial charge in [0.1, 0.15) is 0 Å². The van der Waals surface area contributed by atoms with Crippen molar-refractivity contribution in [2.75, 3.05) is 32.0 Å². The average Bonchev–Trinajstić information content (AvgIpc) is 2.73. The summed E-state index contributed by atoms with van der Waals surface area (Å²) >= 11 is 6.05. The summed E-state index contributed by atoms with van der Waals surface area (Å²) in [5.74, 6) is -0.328. The molecular formula is C13H17ClN2O2. The predicted molar refractivity (Wildman–Crippen MR) is 72.5 cm³/mol. The lowest BCUT2D eigenvalue weighted by Crippen LogP contribution is -2.19. The van der Waals surface area contributed by atoms with Gasteiger partial charge in [0, 0.05) is 13.1 Å². The number of carbonyl (C=O) groups is 1. The number of aromatic carboxylic acids is 1. The zero-order chi connectivity index (χ0) is 13.1. The fraction of sp³-hybridized carbons (Fsp3) is 0.462. The Kier molecular flexibility index (Phi) is 4.09. The van der Waals surface area contributed by atoms with Crippen LogP contribution in [0, 0.1) is 5.92 Å². The summed E-state index contributed by atoms with van der Waals surface area (Å²) < 4.78 is 0. The second kappa shape index (κ2) is 5.59. The summed E-state index contributed by atoms with van der Waals surface area (Å²) in [6.07, 6.45) is 1.19. The monoisotopic (exact) mass is 268 g/mol. The molecule has 1 aromatic carbocycles. The number of carboxylic acids is 1. The first-order valence-electron chi connectivity index (χ1n) is 6.01. The lowest BCUT2D eigenvalue weighted by molar-refractivity contribution is 0.0697. The number of nitrogens with one attached hydrogen (secondary N) is 1. The molecule has 2 N–H and O–H groups in total. The van der Waals surface area contributed by atoms with Crippen LogP contribution in [0.25, 0.3) is 0 Å². The van der Waals surface area contributed by atoms with E-state index in [1.165, 1.54) is 12.5 Å². The van der Waals surface area contributed by atoms with Crippen LogP contribution in [0.15, 0.2) is 18.2 Å². The van der Waals surface area contributed by atoms with Crippen LogP contribution in [0.5, 0.6) is 0 Å². The molecule has 0 aliphatic carbocycles. The highest BCUT2D eigenvalue weighted by atomic mass is 35.5. The summed E-state index contributed by atoms with van der Waals surface area (Å²) in [7, 11) is 2.12. The van der Waals surface area contributed by atoms with Gasteiger partial charge in [0.15, 0.2) is 0 Å². The minimum absolute atomic E-state index is 0.214. The summed E-state index contributed by atoms with van der Waals surface area (Å²) in [5, 5.41) is 12.6. The Morgan fingerprint density at radius 3 is 2.94 bits per heavy atom. The molecule has 1 atom stereocenters. The van der Waals surface area contributed by atoms with Gasteiger partial charge < -0.3 is 15.3 Å². The summed E-state index contributed by atoms with van der Waals surface area (Å²) in [6, 6.07) is 4.77. The van der Waals surface area contributed by atoms with Gasteiger partial charge in [-0.1, -0.05) is 11.6 Å². The standard InChI is InChI=1S/C13H17ClN2O2/c1-16-5-4-9(8-16)7-15-12-3-2-10(13(17)18)6-11(12)14/h2-3,6,9,15H,4-5,7-8H2,1H3,(H,17,18). The van der Waals surface area contributed by atoms with E-state index in [9.17, 15) is 4.79 Å². The van der Waals surface area contributed by atoms with Crippen molar-refractivity contribution >= 4 is 23.3 Å². The molecule has 1 unspecified atom stereocenters. The van der Waals surface area contributed by atoms with E-state index in [-0.39, 0.29) is 5.56 Å². The van der Waals surface area contributed by atoms with Gasteiger partial charge in [0.05, 0.1) is 16.3 Å². The normalized spacial score (nSPS) is 20.0. The van der Waals surface area contributed by atoms with Gasteiger partial charge in [-0.15, -0.1) is 0 Å². The van der Waals surface area contributed by atoms with Gasteiger partial charge in [-0.2, -0.15) is 0 Å². The quantitative estimate of drug-likeness (QED) is 0.881. The van der Waals surface area contributed by atoms with Crippen LogP contribution in [-0.4, -0.2) is 42.7 Å². The highest BCUT2D eigenvalue weighted by Crippen LogP contribution is 2.24. The topological polar surface area (TPSA) is 52.6 Å². The summed E-state index contributed by atoms with van der Waals surface area (Å²) in [5.41, 5.74) is 1.02. The first-order chi connectivity index (χ1) is 8.56. The molecule has 4 nitrogen and oxygen atoms in total. The highest BCUT2D eigenvalue weighted by Gasteiger charge is 2.19. The first kappa shape index (κ1) is 13.2. The molecule has 0 spiro atoms. The average molecular weight is 269 g/mol. The fourth-order valence-corrected chi connectivity index (χ4v) is 2.49. The van der Waals surface area contributed by atoms with Crippen LogP contribution >= 0.6 is 11.6 Å². The first-order valence-corrected chi connectivity index (χ1v) is 6.39. The molecule has 0 radical (unpaired) electrons. The van der Waals surface area contributed by atoms with Crippen LogP contribution in [0.2, 0.25) is 5.02 Å². The Morgan fingerprint density at radius 2 is 2.39 bits per heavy atom. The van der Waals surface area contributed by atoms with Gasteiger partial charge in [-0.25, -0.2) is 4.79 Å². The Labute approximate surface area is 112 Å². The van der Waals surface area contributed by atoms with E-state index < -0.39 is 5.97 Å².